The van der Waals surface area contributed by atoms with Gasteiger partial charge in [0.25, 0.3) is 0 Å². The van der Waals surface area contributed by atoms with Gasteiger partial charge < -0.3 is 19.9 Å². The SMILES string of the molecule is COc1ccc(-c2[nH]c3ccccc3c2CCC(=O)Nc2ccc3c(c2)CCCN3C(C)=O)cc1. The Morgan fingerprint density at radius 1 is 1.06 bits per heavy atom. The van der Waals surface area contributed by atoms with Crippen molar-refractivity contribution >= 4 is 34.1 Å². The predicted octanol–water partition coefficient (Wildman–Crippen LogP) is 5.71. The van der Waals surface area contributed by atoms with Crippen molar-refractivity contribution in [1.82, 2.24) is 4.98 Å². The number of anilines is 2. The van der Waals surface area contributed by atoms with Crippen molar-refractivity contribution in [3.63, 3.8) is 0 Å². The van der Waals surface area contributed by atoms with Gasteiger partial charge in [-0.3, -0.25) is 9.59 Å². The van der Waals surface area contributed by atoms with Crippen LogP contribution in [0.15, 0.2) is 66.7 Å². The molecule has 1 aliphatic heterocycles. The number of nitrogens with zero attached hydrogens (tertiary/aromatic N) is 1. The number of aromatic amines is 1. The number of fused-ring (bicyclic) bond motifs is 2. The molecule has 0 spiro atoms. The number of hydrogen-bond donors (Lipinski definition) is 2. The zero-order valence-corrected chi connectivity index (χ0v) is 20.1. The summed E-state index contributed by atoms with van der Waals surface area (Å²) in [5.41, 5.74) is 7.09. The average Bonchev–Trinajstić information content (AvgIpc) is 3.25. The van der Waals surface area contributed by atoms with E-state index in [1.54, 1.807) is 14.0 Å². The lowest BCUT2D eigenvalue weighted by atomic mass is 10.00. The summed E-state index contributed by atoms with van der Waals surface area (Å²) in [5, 5.41) is 4.18. The maximum atomic E-state index is 12.9. The minimum absolute atomic E-state index is 0.0323. The zero-order valence-electron chi connectivity index (χ0n) is 20.1. The van der Waals surface area contributed by atoms with Gasteiger partial charge in [0.05, 0.1) is 7.11 Å². The van der Waals surface area contributed by atoms with Gasteiger partial charge in [-0.25, -0.2) is 0 Å². The lowest BCUT2D eigenvalue weighted by Gasteiger charge is -2.29. The van der Waals surface area contributed by atoms with Gasteiger partial charge in [0, 0.05) is 47.9 Å². The average molecular weight is 468 g/mol. The van der Waals surface area contributed by atoms with E-state index in [1.165, 1.54) is 0 Å². The summed E-state index contributed by atoms with van der Waals surface area (Å²) in [4.78, 5) is 30.2. The van der Waals surface area contributed by atoms with Crippen molar-refractivity contribution in [3.05, 3.63) is 77.9 Å². The van der Waals surface area contributed by atoms with Crippen LogP contribution in [0.25, 0.3) is 22.2 Å². The van der Waals surface area contributed by atoms with Gasteiger partial charge in [0.2, 0.25) is 11.8 Å². The summed E-state index contributed by atoms with van der Waals surface area (Å²) in [7, 11) is 1.66. The third-order valence-corrected chi connectivity index (χ3v) is 6.66. The first-order valence-electron chi connectivity index (χ1n) is 12.0. The zero-order chi connectivity index (χ0) is 24.4. The van der Waals surface area contributed by atoms with E-state index in [4.69, 9.17) is 4.74 Å². The smallest absolute Gasteiger partial charge is 0.224 e. The number of H-pyrrole nitrogens is 1. The maximum Gasteiger partial charge on any atom is 0.224 e. The number of ether oxygens (including phenoxy) is 1. The number of para-hydroxylation sites is 1. The minimum Gasteiger partial charge on any atom is -0.497 e. The van der Waals surface area contributed by atoms with Gasteiger partial charge in [-0.2, -0.15) is 0 Å². The summed E-state index contributed by atoms with van der Waals surface area (Å²) in [6.45, 7) is 2.34. The number of rotatable bonds is 6. The second-order valence-corrected chi connectivity index (χ2v) is 8.92. The molecule has 178 valence electrons. The van der Waals surface area contributed by atoms with Gasteiger partial charge in [-0.1, -0.05) is 18.2 Å². The van der Waals surface area contributed by atoms with Gasteiger partial charge in [-0.05, 0) is 84.5 Å². The van der Waals surface area contributed by atoms with E-state index in [9.17, 15) is 9.59 Å². The highest BCUT2D eigenvalue weighted by atomic mass is 16.5. The molecule has 6 nitrogen and oxygen atoms in total. The van der Waals surface area contributed by atoms with Crippen molar-refractivity contribution in [1.29, 1.82) is 0 Å². The molecular weight excluding hydrogens is 438 g/mol. The quantitative estimate of drug-likeness (QED) is 0.381. The summed E-state index contributed by atoms with van der Waals surface area (Å²) in [5.74, 6) is 0.825. The molecule has 0 unspecified atom stereocenters. The number of benzene rings is 3. The topological polar surface area (TPSA) is 74.4 Å². The molecule has 3 aromatic carbocycles. The molecular formula is C29H29N3O3. The van der Waals surface area contributed by atoms with Gasteiger partial charge in [-0.15, -0.1) is 0 Å². The van der Waals surface area contributed by atoms with Crippen molar-refractivity contribution in [2.45, 2.75) is 32.6 Å². The van der Waals surface area contributed by atoms with Crippen LogP contribution in [0, 0.1) is 0 Å². The highest BCUT2D eigenvalue weighted by Gasteiger charge is 2.20. The fraction of sp³-hybridized carbons (Fsp3) is 0.241. The van der Waals surface area contributed by atoms with E-state index in [0.717, 1.165) is 69.8 Å². The third-order valence-electron chi connectivity index (χ3n) is 6.66. The van der Waals surface area contributed by atoms with Gasteiger partial charge in [0.15, 0.2) is 0 Å². The minimum atomic E-state index is -0.0323. The number of carbonyl (C=O) groups excluding carboxylic acids is 2. The summed E-state index contributed by atoms with van der Waals surface area (Å²) in [6, 6.07) is 22.0. The molecule has 0 atom stereocenters. The summed E-state index contributed by atoms with van der Waals surface area (Å²) < 4.78 is 5.30. The van der Waals surface area contributed by atoms with Crippen LogP contribution < -0.4 is 15.0 Å². The van der Waals surface area contributed by atoms with E-state index >= 15 is 0 Å². The van der Waals surface area contributed by atoms with Crippen LogP contribution >= 0.6 is 0 Å². The molecule has 0 bridgehead atoms. The normalized spacial score (nSPS) is 12.9. The molecule has 4 aromatic rings. The Morgan fingerprint density at radius 3 is 2.63 bits per heavy atom. The predicted molar refractivity (Wildman–Crippen MR) is 140 cm³/mol. The Morgan fingerprint density at radius 2 is 1.86 bits per heavy atom. The number of methoxy groups -OCH3 is 1. The molecule has 35 heavy (non-hydrogen) atoms. The first-order chi connectivity index (χ1) is 17.0. The molecule has 1 aliphatic rings. The number of amides is 2. The van der Waals surface area contributed by atoms with Gasteiger partial charge >= 0.3 is 0 Å². The van der Waals surface area contributed by atoms with Crippen LogP contribution in [0.5, 0.6) is 5.75 Å². The largest absolute Gasteiger partial charge is 0.497 e. The maximum absolute atomic E-state index is 12.9. The number of hydrogen-bond acceptors (Lipinski definition) is 3. The first-order valence-corrected chi connectivity index (χ1v) is 12.0. The Balaban J connectivity index is 1.34. The fourth-order valence-corrected chi connectivity index (χ4v) is 4.93. The number of carbonyl (C=O) groups is 2. The molecule has 2 N–H and O–H groups in total. The molecule has 0 radical (unpaired) electrons. The van der Waals surface area contributed by atoms with E-state index in [-0.39, 0.29) is 11.8 Å². The van der Waals surface area contributed by atoms with Crippen LogP contribution in [0.1, 0.15) is 30.9 Å². The number of nitrogens with one attached hydrogen (secondary N) is 2. The molecule has 2 amide bonds. The third kappa shape index (κ3) is 4.64. The highest BCUT2D eigenvalue weighted by Crippen LogP contribution is 2.33. The Kier molecular flexibility index (Phi) is 6.27. The lowest BCUT2D eigenvalue weighted by molar-refractivity contribution is -0.117. The molecule has 1 aromatic heterocycles. The first kappa shape index (κ1) is 22.7. The number of aryl methyl sites for hydroxylation is 2. The molecule has 0 saturated carbocycles. The molecule has 5 rings (SSSR count). The summed E-state index contributed by atoms with van der Waals surface area (Å²) in [6.07, 6.45) is 2.81. The number of aromatic nitrogens is 1. The molecule has 6 heteroatoms. The van der Waals surface area contributed by atoms with Crippen molar-refractivity contribution in [3.8, 4) is 17.0 Å². The molecule has 0 fully saturated rings. The van der Waals surface area contributed by atoms with Crippen molar-refractivity contribution < 1.29 is 14.3 Å². The Hall–Kier alpha value is -4.06. The second-order valence-electron chi connectivity index (χ2n) is 8.92. The van der Waals surface area contributed by atoms with E-state index in [1.807, 2.05) is 59.5 Å². The van der Waals surface area contributed by atoms with E-state index in [0.29, 0.717) is 12.8 Å². The highest BCUT2D eigenvalue weighted by molar-refractivity contribution is 5.96. The van der Waals surface area contributed by atoms with E-state index in [2.05, 4.69) is 22.4 Å². The second kappa shape index (κ2) is 9.66. The molecule has 0 aliphatic carbocycles. The van der Waals surface area contributed by atoms with Crippen LogP contribution in [-0.4, -0.2) is 30.5 Å². The monoisotopic (exact) mass is 467 g/mol. The molecule has 0 saturated heterocycles. The Bertz CT molecular complexity index is 1390. The van der Waals surface area contributed by atoms with Crippen molar-refractivity contribution in [2.24, 2.45) is 0 Å². The van der Waals surface area contributed by atoms with Gasteiger partial charge in [0.1, 0.15) is 5.75 Å². The van der Waals surface area contributed by atoms with Crippen molar-refractivity contribution in [2.75, 3.05) is 23.9 Å². The standard InChI is InChI=1S/C29H29N3O3/c1-19(33)32-17-5-6-21-18-22(11-15-27(21)32)30-28(34)16-14-25-24-7-3-4-8-26(24)31-29(25)20-9-12-23(35-2)13-10-20/h3-4,7-13,15,18,31H,5-6,14,16-17H2,1-2H3,(H,30,34). The fourth-order valence-electron chi connectivity index (χ4n) is 4.93. The Labute approximate surface area is 204 Å². The summed E-state index contributed by atoms with van der Waals surface area (Å²) >= 11 is 0. The van der Waals surface area contributed by atoms with Crippen LogP contribution in [0.2, 0.25) is 0 Å². The van der Waals surface area contributed by atoms with E-state index < -0.39 is 0 Å². The molecule has 2 heterocycles. The lowest BCUT2D eigenvalue weighted by Crippen LogP contribution is -2.33. The van der Waals surface area contributed by atoms with Crippen LogP contribution in [0.4, 0.5) is 11.4 Å². The van der Waals surface area contributed by atoms with Crippen LogP contribution in [0.3, 0.4) is 0 Å². The van der Waals surface area contributed by atoms with Crippen LogP contribution in [-0.2, 0) is 22.4 Å².